The normalized spacial score (nSPS) is 10.3. The van der Waals surface area contributed by atoms with Crippen LogP contribution in [0.1, 0.15) is 11.3 Å². The van der Waals surface area contributed by atoms with Gasteiger partial charge in [0.1, 0.15) is 17.3 Å². The highest BCUT2D eigenvalue weighted by Crippen LogP contribution is 2.24. The average molecular weight is 381 g/mol. The van der Waals surface area contributed by atoms with Gasteiger partial charge < -0.3 is 14.1 Å². The minimum Gasteiger partial charge on any atom is -0.484 e. The summed E-state index contributed by atoms with van der Waals surface area (Å²) in [4.78, 5) is 13.8. The molecule has 0 saturated heterocycles. The summed E-state index contributed by atoms with van der Waals surface area (Å²) in [5.41, 5.74) is 1.46. The molecule has 0 bridgehead atoms. The molecule has 0 spiro atoms. The second-order valence-electron chi connectivity index (χ2n) is 5.95. The number of carbonyl (C=O) groups excluding carboxylic acids is 1. The molecule has 1 heterocycles. The number of nitrogens with zero attached hydrogens (tertiary/aromatic N) is 2. The third kappa shape index (κ3) is 4.90. The number of halogens is 1. The quantitative estimate of drug-likeness (QED) is 0.631. The third-order valence-electron chi connectivity index (χ3n) is 3.95. The van der Waals surface area contributed by atoms with Crippen molar-refractivity contribution in [2.24, 2.45) is 0 Å². The number of rotatable bonds is 6. The maximum absolute atomic E-state index is 12.3. The van der Waals surface area contributed by atoms with Gasteiger partial charge in [-0.1, -0.05) is 11.6 Å². The van der Waals surface area contributed by atoms with Crippen molar-refractivity contribution in [3.8, 4) is 23.1 Å². The van der Waals surface area contributed by atoms with E-state index in [1.165, 1.54) is 4.90 Å². The summed E-state index contributed by atoms with van der Waals surface area (Å²) in [5.74, 6) is 1.76. The van der Waals surface area contributed by atoms with Gasteiger partial charge in [0, 0.05) is 17.6 Å². The molecule has 0 aliphatic heterocycles. The number of hydrogen-bond acceptors (Lipinski definition) is 4. The van der Waals surface area contributed by atoms with Crippen molar-refractivity contribution in [1.82, 2.24) is 4.90 Å². The monoisotopic (exact) mass is 380 g/mol. The summed E-state index contributed by atoms with van der Waals surface area (Å²) in [6.07, 6.45) is 0. The Morgan fingerprint density at radius 3 is 2.48 bits per heavy atom. The summed E-state index contributed by atoms with van der Waals surface area (Å²) < 4.78 is 11.3. The Hall–Kier alpha value is -3.23. The van der Waals surface area contributed by atoms with E-state index in [1.54, 1.807) is 43.4 Å². The lowest BCUT2D eigenvalue weighted by Crippen LogP contribution is -2.30. The number of likely N-dealkylation sites (N-methyl/N-ethyl adjacent to an activating group) is 1. The van der Waals surface area contributed by atoms with E-state index in [0.717, 1.165) is 11.3 Å². The van der Waals surface area contributed by atoms with E-state index in [0.29, 0.717) is 28.6 Å². The SMILES string of the molecule is CN(Cc1ccc(-c2ccc(Cl)cc2)o1)C(=O)COc1ccc(C#N)cc1. The molecular formula is C21H17ClN2O3. The first-order valence-corrected chi connectivity index (χ1v) is 8.64. The van der Waals surface area contributed by atoms with Crippen LogP contribution in [0.25, 0.3) is 11.3 Å². The standard InChI is InChI=1S/C21H17ClN2O3/c1-24(21(25)14-26-18-8-2-15(12-23)3-9-18)13-19-10-11-20(27-19)16-4-6-17(22)7-5-16/h2-11H,13-14H2,1H3. The lowest BCUT2D eigenvalue weighted by molar-refractivity contribution is -0.132. The maximum Gasteiger partial charge on any atom is 0.260 e. The summed E-state index contributed by atoms with van der Waals surface area (Å²) in [5, 5.41) is 9.44. The smallest absolute Gasteiger partial charge is 0.260 e. The van der Waals surface area contributed by atoms with Crippen LogP contribution in [0.5, 0.6) is 5.75 Å². The van der Waals surface area contributed by atoms with Gasteiger partial charge in [-0.05, 0) is 60.7 Å². The van der Waals surface area contributed by atoms with Gasteiger partial charge in [0.2, 0.25) is 0 Å². The second kappa shape index (κ2) is 8.43. The molecule has 3 rings (SSSR count). The molecule has 1 amide bonds. The predicted octanol–water partition coefficient (Wildman–Crippen LogP) is 4.51. The minimum atomic E-state index is -0.177. The average Bonchev–Trinajstić information content (AvgIpc) is 3.15. The molecule has 3 aromatic rings. The van der Waals surface area contributed by atoms with Crippen molar-refractivity contribution in [3.05, 3.63) is 77.0 Å². The Labute approximate surface area is 162 Å². The molecule has 2 aromatic carbocycles. The molecule has 136 valence electrons. The highest BCUT2D eigenvalue weighted by Gasteiger charge is 2.13. The zero-order valence-electron chi connectivity index (χ0n) is 14.7. The summed E-state index contributed by atoms with van der Waals surface area (Å²) in [7, 11) is 1.69. The minimum absolute atomic E-state index is 0.0901. The van der Waals surface area contributed by atoms with Crippen molar-refractivity contribution >= 4 is 17.5 Å². The topological polar surface area (TPSA) is 66.5 Å². The highest BCUT2D eigenvalue weighted by atomic mass is 35.5. The first kappa shape index (κ1) is 18.6. The fourth-order valence-corrected chi connectivity index (χ4v) is 2.56. The van der Waals surface area contributed by atoms with Crippen LogP contribution in [0.4, 0.5) is 0 Å². The van der Waals surface area contributed by atoms with Crippen LogP contribution in [0.2, 0.25) is 5.02 Å². The van der Waals surface area contributed by atoms with Gasteiger partial charge in [0.25, 0.3) is 5.91 Å². The van der Waals surface area contributed by atoms with Crippen molar-refractivity contribution < 1.29 is 13.9 Å². The molecule has 0 aliphatic carbocycles. The number of nitriles is 1. The van der Waals surface area contributed by atoms with Crippen LogP contribution < -0.4 is 4.74 Å². The zero-order chi connectivity index (χ0) is 19.2. The molecule has 5 nitrogen and oxygen atoms in total. The molecule has 0 aliphatic rings. The van der Waals surface area contributed by atoms with Gasteiger partial charge in [0.15, 0.2) is 6.61 Å². The van der Waals surface area contributed by atoms with Crippen LogP contribution >= 0.6 is 11.6 Å². The van der Waals surface area contributed by atoms with Gasteiger partial charge in [0.05, 0.1) is 18.2 Å². The van der Waals surface area contributed by atoms with Crippen molar-refractivity contribution in [3.63, 3.8) is 0 Å². The van der Waals surface area contributed by atoms with E-state index in [4.69, 9.17) is 26.0 Å². The number of hydrogen-bond donors (Lipinski definition) is 0. The van der Waals surface area contributed by atoms with Gasteiger partial charge in [-0.25, -0.2) is 0 Å². The Morgan fingerprint density at radius 2 is 1.81 bits per heavy atom. The fourth-order valence-electron chi connectivity index (χ4n) is 2.44. The number of benzene rings is 2. The Balaban J connectivity index is 1.55. The number of furan rings is 1. The lowest BCUT2D eigenvalue weighted by Gasteiger charge is -2.16. The van der Waals surface area contributed by atoms with E-state index >= 15 is 0 Å². The first-order valence-electron chi connectivity index (χ1n) is 8.27. The molecule has 1 aromatic heterocycles. The Morgan fingerprint density at radius 1 is 1.11 bits per heavy atom. The molecule has 0 radical (unpaired) electrons. The number of carbonyl (C=O) groups is 1. The van der Waals surface area contributed by atoms with E-state index < -0.39 is 0 Å². The van der Waals surface area contributed by atoms with Crippen molar-refractivity contribution in [2.45, 2.75) is 6.54 Å². The van der Waals surface area contributed by atoms with Crippen LogP contribution in [0, 0.1) is 11.3 Å². The van der Waals surface area contributed by atoms with Gasteiger partial charge in [-0.15, -0.1) is 0 Å². The first-order chi connectivity index (χ1) is 13.0. The summed E-state index contributed by atoms with van der Waals surface area (Å²) >= 11 is 5.90. The van der Waals surface area contributed by atoms with Crippen LogP contribution in [0.3, 0.4) is 0 Å². The largest absolute Gasteiger partial charge is 0.484 e. The molecule has 0 N–H and O–H groups in total. The number of amides is 1. The van der Waals surface area contributed by atoms with Crippen LogP contribution in [-0.2, 0) is 11.3 Å². The maximum atomic E-state index is 12.3. The fraction of sp³-hybridized carbons (Fsp3) is 0.143. The van der Waals surface area contributed by atoms with Gasteiger partial charge in [-0.2, -0.15) is 5.26 Å². The summed E-state index contributed by atoms with van der Waals surface area (Å²) in [6.45, 7) is 0.246. The molecule has 0 atom stereocenters. The second-order valence-corrected chi connectivity index (χ2v) is 6.38. The summed E-state index contributed by atoms with van der Waals surface area (Å²) in [6, 6.07) is 19.7. The van der Waals surface area contributed by atoms with Crippen LogP contribution in [0.15, 0.2) is 65.1 Å². The molecular weight excluding hydrogens is 364 g/mol. The molecule has 0 fully saturated rings. The lowest BCUT2D eigenvalue weighted by atomic mass is 10.2. The van der Waals surface area contributed by atoms with E-state index in [-0.39, 0.29) is 12.5 Å². The van der Waals surface area contributed by atoms with Gasteiger partial charge >= 0.3 is 0 Å². The van der Waals surface area contributed by atoms with E-state index in [2.05, 4.69) is 0 Å². The number of ether oxygens (including phenoxy) is 1. The Kier molecular flexibility index (Phi) is 5.80. The van der Waals surface area contributed by atoms with Gasteiger partial charge in [-0.3, -0.25) is 4.79 Å². The third-order valence-corrected chi connectivity index (χ3v) is 4.21. The molecule has 6 heteroatoms. The molecule has 0 saturated carbocycles. The van der Waals surface area contributed by atoms with Crippen molar-refractivity contribution in [2.75, 3.05) is 13.7 Å². The zero-order valence-corrected chi connectivity index (χ0v) is 15.4. The highest BCUT2D eigenvalue weighted by molar-refractivity contribution is 6.30. The molecule has 0 unspecified atom stereocenters. The van der Waals surface area contributed by atoms with E-state index in [1.807, 2.05) is 30.3 Å². The predicted molar refractivity (Wildman–Crippen MR) is 102 cm³/mol. The van der Waals surface area contributed by atoms with Crippen LogP contribution in [-0.4, -0.2) is 24.5 Å². The van der Waals surface area contributed by atoms with Crippen molar-refractivity contribution in [1.29, 1.82) is 5.26 Å². The van der Waals surface area contributed by atoms with E-state index in [9.17, 15) is 4.79 Å². The molecule has 27 heavy (non-hydrogen) atoms. The Bertz CT molecular complexity index is 956.